The van der Waals surface area contributed by atoms with Gasteiger partial charge in [-0.15, -0.1) is 0 Å². The minimum absolute atomic E-state index is 0.536. The van der Waals surface area contributed by atoms with E-state index in [4.69, 9.17) is 5.73 Å². The van der Waals surface area contributed by atoms with Crippen LogP contribution in [-0.2, 0) is 0 Å². The molecule has 0 saturated carbocycles. The number of aromatic nitrogens is 2. The number of anilines is 2. The van der Waals surface area contributed by atoms with Crippen LogP contribution in [0.2, 0.25) is 0 Å². The molecule has 3 N–H and O–H groups in total. The van der Waals surface area contributed by atoms with Crippen LogP contribution in [0, 0.1) is 13.8 Å². The first-order valence-corrected chi connectivity index (χ1v) is 6.77. The van der Waals surface area contributed by atoms with Crippen LogP contribution in [-0.4, -0.2) is 27.5 Å². The zero-order chi connectivity index (χ0) is 11.5. The highest BCUT2D eigenvalue weighted by molar-refractivity contribution is 7.99. The van der Waals surface area contributed by atoms with Crippen molar-refractivity contribution < 1.29 is 0 Å². The van der Waals surface area contributed by atoms with Gasteiger partial charge in [0.1, 0.15) is 17.5 Å². The number of nitrogens with zero attached hydrogens (tertiary/aromatic N) is 2. The van der Waals surface area contributed by atoms with Gasteiger partial charge >= 0.3 is 0 Å². The number of rotatable bonds is 2. The standard InChI is InChI=1S/C11H18N4S/c1-7-10(12)13-8(2)14-11(7)15-9-3-5-16-6-4-9/h9H,3-6H2,1-2H3,(H3,12,13,14,15). The van der Waals surface area contributed by atoms with Crippen LogP contribution >= 0.6 is 11.8 Å². The van der Waals surface area contributed by atoms with Gasteiger partial charge in [-0.3, -0.25) is 0 Å². The summed E-state index contributed by atoms with van der Waals surface area (Å²) in [5.41, 5.74) is 6.79. The van der Waals surface area contributed by atoms with Crippen molar-refractivity contribution in [3.05, 3.63) is 11.4 Å². The Bertz CT molecular complexity index is 374. The molecule has 1 aromatic heterocycles. The number of aryl methyl sites for hydroxylation is 1. The second-order valence-corrected chi connectivity index (χ2v) is 5.39. The average molecular weight is 238 g/mol. The molecule has 0 aromatic carbocycles. The second kappa shape index (κ2) is 4.91. The Morgan fingerprint density at radius 3 is 2.62 bits per heavy atom. The first kappa shape index (κ1) is 11.5. The van der Waals surface area contributed by atoms with Crippen molar-refractivity contribution in [2.45, 2.75) is 32.7 Å². The molecule has 1 aliphatic rings. The fourth-order valence-electron chi connectivity index (χ4n) is 1.83. The third-order valence-corrected chi connectivity index (χ3v) is 3.91. The first-order valence-electron chi connectivity index (χ1n) is 5.62. The van der Waals surface area contributed by atoms with Gasteiger partial charge < -0.3 is 11.1 Å². The Balaban J connectivity index is 2.13. The lowest BCUT2D eigenvalue weighted by molar-refractivity contribution is 0.662. The molecule has 0 radical (unpaired) electrons. The number of nitrogens with one attached hydrogen (secondary N) is 1. The van der Waals surface area contributed by atoms with Gasteiger partial charge in [0.25, 0.3) is 0 Å². The molecule has 0 spiro atoms. The van der Waals surface area contributed by atoms with E-state index in [1.54, 1.807) is 0 Å². The molecule has 2 heterocycles. The van der Waals surface area contributed by atoms with E-state index < -0.39 is 0 Å². The normalized spacial score (nSPS) is 17.4. The minimum atomic E-state index is 0.536. The Labute approximate surface area is 100 Å². The summed E-state index contributed by atoms with van der Waals surface area (Å²) in [5, 5.41) is 3.49. The van der Waals surface area contributed by atoms with Crippen molar-refractivity contribution in [2.24, 2.45) is 0 Å². The molecule has 0 aliphatic carbocycles. The van der Waals surface area contributed by atoms with Gasteiger partial charge in [-0.1, -0.05) is 0 Å². The predicted molar refractivity (Wildman–Crippen MR) is 69.9 cm³/mol. The molecular weight excluding hydrogens is 220 g/mol. The number of nitrogens with two attached hydrogens (primary N) is 1. The van der Waals surface area contributed by atoms with Crippen molar-refractivity contribution in [3.8, 4) is 0 Å². The third-order valence-electron chi connectivity index (χ3n) is 2.86. The molecule has 4 nitrogen and oxygen atoms in total. The lowest BCUT2D eigenvalue weighted by atomic mass is 10.1. The molecule has 1 aliphatic heterocycles. The van der Waals surface area contributed by atoms with Crippen molar-refractivity contribution in [2.75, 3.05) is 22.6 Å². The van der Waals surface area contributed by atoms with E-state index in [-0.39, 0.29) is 0 Å². The molecule has 0 amide bonds. The predicted octanol–water partition coefficient (Wildman–Crippen LogP) is 1.98. The summed E-state index contributed by atoms with van der Waals surface area (Å²) in [5.74, 6) is 4.69. The van der Waals surface area contributed by atoms with Crippen molar-refractivity contribution in [1.29, 1.82) is 0 Å². The van der Waals surface area contributed by atoms with Crippen molar-refractivity contribution in [3.63, 3.8) is 0 Å². The average Bonchev–Trinajstić information content (AvgIpc) is 2.27. The fraction of sp³-hybridized carbons (Fsp3) is 0.636. The molecule has 16 heavy (non-hydrogen) atoms. The van der Waals surface area contributed by atoms with Crippen LogP contribution in [0.15, 0.2) is 0 Å². The van der Waals surface area contributed by atoms with E-state index in [1.165, 1.54) is 24.3 Å². The number of nitrogen functional groups attached to an aromatic ring is 1. The minimum Gasteiger partial charge on any atom is -0.383 e. The van der Waals surface area contributed by atoms with Crippen LogP contribution in [0.3, 0.4) is 0 Å². The first-order chi connectivity index (χ1) is 7.66. The van der Waals surface area contributed by atoms with Crippen LogP contribution in [0.4, 0.5) is 11.6 Å². The van der Waals surface area contributed by atoms with Gasteiger partial charge in [0, 0.05) is 11.6 Å². The summed E-state index contributed by atoms with van der Waals surface area (Å²) in [6.07, 6.45) is 2.40. The highest BCUT2D eigenvalue weighted by Gasteiger charge is 2.15. The lowest BCUT2D eigenvalue weighted by Gasteiger charge is -2.24. The Morgan fingerprint density at radius 2 is 1.94 bits per heavy atom. The topological polar surface area (TPSA) is 63.8 Å². The summed E-state index contributed by atoms with van der Waals surface area (Å²) in [7, 11) is 0. The molecule has 88 valence electrons. The maximum absolute atomic E-state index is 5.83. The molecule has 0 unspecified atom stereocenters. The van der Waals surface area contributed by atoms with Gasteiger partial charge in [0.2, 0.25) is 0 Å². The maximum atomic E-state index is 5.83. The van der Waals surface area contributed by atoms with E-state index in [2.05, 4.69) is 15.3 Å². The van der Waals surface area contributed by atoms with Crippen LogP contribution in [0.25, 0.3) is 0 Å². The van der Waals surface area contributed by atoms with E-state index in [0.29, 0.717) is 11.9 Å². The van der Waals surface area contributed by atoms with Gasteiger partial charge in [-0.25, -0.2) is 9.97 Å². The summed E-state index contributed by atoms with van der Waals surface area (Å²) in [6, 6.07) is 0.536. The van der Waals surface area contributed by atoms with Crippen molar-refractivity contribution in [1.82, 2.24) is 9.97 Å². The van der Waals surface area contributed by atoms with Crippen LogP contribution < -0.4 is 11.1 Å². The number of hydrogen-bond donors (Lipinski definition) is 2. The fourth-order valence-corrected chi connectivity index (χ4v) is 2.93. The third kappa shape index (κ3) is 2.58. The Kier molecular flexibility index (Phi) is 3.53. The molecule has 0 bridgehead atoms. The number of hydrogen-bond acceptors (Lipinski definition) is 5. The SMILES string of the molecule is Cc1nc(N)c(C)c(NC2CCSCC2)n1. The molecule has 5 heteroatoms. The number of thioether (sulfide) groups is 1. The van der Waals surface area contributed by atoms with Gasteiger partial charge in [-0.2, -0.15) is 11.8 Å². The van der Waals surface area contributed by atoms with Gasteiger partial charge in [0.15, 0.2) is 0 Å². The molecule has 0 atom stereocenters. The van der Waals surface area contributed by atoms with E-state index in [0.717, 1.165) is 17.2 Å². The maximum Gasteiger partial charge on any atom is 0.134 e. The van der Waals surface area contributed by atoms with Gasteiger partial charge in [-0.05, 0) is 38.2 Å². The van der Waals surface area contributed by atoms with E-state index >= 15 is 0 Å². The second-order valence-electron chi connectivity index (χ2n) is 4.16. The smallest absolute Gasteiger partial charge is 0.134 e. The largest absolute Gasteiger partial charge is 0.383 e. The molecule has 1 aromatic rings. The Morgan fingerprint density at radius 1 is 1.25 bits per heavy atom. The Hall–Kier alpha value is -0.970. The van der Waals surface area contributed by atoms with Crippen molar-refractivity contribution >= 4 is 23.4 Å². The van der Waals surface area contributed by atoms with E-state index in [9.17, 15) is 0 Å². The van der Waals surface area contributed by atoms with Gasteiger partial charge in [0.05, 0.1) is 0 Å². The molecular formula is C11H18N4S. The summed E-state index contributed by atoms with van der Waals surface area (Å²) < 4.78 is 0. The lowest BCUT2D eigenvalue weighted by Crippen LogP contribution is -2.26. The van der Waals surface area contributed by atoms with E-state index in [1.807, 2.05) is 25.6 Å². The highest BCUT2D eigenvalue weighted by atomic mass is 32.2. The highest BCUT2D eigenvalue weighted by Crippen LogP contribution is 2.23. The zero-order valence-electron chi connectivity index (χ0n) is 9.79. The zero-order valence-corrected chi connectivity index (χ0v) is 10.6. The molecule has 1 saturated heterocycles. The monoisotopic (exact) mass is 238 g/mol. The molecule has 2 rings (SSSR count). The van der Waals surface area contributed by atoms with Crippen LogP contribution in [0.1, 0.15) is 24.2 Å². The molecule has 1 fully saturated rings. The van der Waals surface area contributed by atoms with Crippen LogP contribution in [0.5, 0.6) is 0 Å². The summed E-state index contributed by atoms with van der Waals surface area (Å²) in [6.45, 7) is 3.84. The quantitative estimate of drug-likeness (QED) is 0.825. The summed E-state index contributed by atoms with van der Waals surface area (Å²) in [4.78, 5) is 8.57. The summed E-state index contributed by atoms with van der Waals surface area (Å²) >= 11 is 2.02.